The summed E-state index contributed by atoms with van der Waals surface area (Å²) in [4.78, 5) is 21.5. The van der Waals surface area contributed by atoms with Gasteiger partial charge in [-0.3, -0.25) is 9.59 Å². The van der Waals surface area contributed by atoms with E-state index in [2.05, 4.69) is 0 Å². The van der Waals surface area contributed by atoms with E-state index in [-0.39, 0.29) is 23.1 Å². The van der Waals surface area contributed by atoms with Gasteiger partial charge in [-0.1, -0.05) is 34.6 Å². The Balaban J connectivity index is 0. The largest absolute Gasteiger partial charge is 0.460 e. The molecule has 0 aromatic rings. The van der Waals surface area contributed by atoms with Crippen molar-refractivity contribution < 1.29 is 19.1 Å². The predicted octanol–water partition coefficient (Wildman–Crippen LogP) is 4.36. The number of carbonyl (C=O) groups is 2. The zero-order valence-electron chi connectivity index (χ0n) is 15.5. The molecule has 0 unspecified atom stereocenters. The molecule has 0 spiro atoms. The maximum Gasteiger partial charge on any atom is 0.306 e. The second-order valence-electron chi connectivity index (χ2n) is 6.94. The predicted molar refractivity (Wildman–Crippen MR) is 86.0 cm³/mol. The van der Waals surface area contributed by atoms with Gasteiger partial charge in [0.05, 0.1) is 0 Å². The second-order valence-corrected chi connectivity index (χ2v) is 6.94. The molecule has 0 heterocycles. The zero-order chi connectivity index (χ0) is 17.4. The quantitative estimate of drug-likeness (QED) is 0.708. The molecule has 0 rings (SSSR count). The molecule has 126 valence electrons. The van der Waals surface area contributed by atoms with Crippen molar-refractivity contribution in [1.29, 1.82) is 0 Å². The van der Waals surface area contributed by atoms with E-state index in [9.17, 15) is 9.59 Å². The van der Waals surface area contributed by atoms with E-state index in [4.69, 9.17) is 9.47 Å². The van der Waals surface area contributed by atoms with Gasteiger partial charge in [-0.15, -0.1) is 0 Å². The van der Waals surface area contributed by atoms with Crippen molar-refractivity contribution in [2.24, 2.45) is 11.8 Å². The van der Waals surface area contributed by atoms with E-state index >= 15 is 0 Å². The lowest BCUT2D eigenvalue weighted by Crippen LogP contribution is -2.33. The normalized spacial score (nSPS) is 11.8. The summed E-state index contributed by atoms with van der Waals surface area (Å²) >= 11 is 0. The van der Waals surface area contributed by atoms with Crippen LogP contribution >= 0.6 is 0 Å². The van der Waals surface area contributed by atoms with E-state index in [1.165, 1.54) is 6.92 Å². The number of carbonyl (C=O) groups excluding carboxylic acids is 2. The minimum Gasteiger partial charge on any atom is -0.460 e. The minimum absolute atomic E-state index is 0.122. The van der Waals surface area contributed by atoms with E-state index in [1.807, 2.05) is 55.4 Å². The van der Waals surface area contributed by atoms with Crippen molar-refractivity contribution in [3.8, 4) is 0 Å². The third-order valence-corrected chi connectivity index (χ3v) is 3.85. The van der Waals surface area contributed by atoms with Gasteiger partial charge in [0.25, 0.3) is 0 Å². The van der Waals surface area contributed by atoms with Crippen LogP contribution in [0.25, 0.3) is 0 Å². The van der Waals surface area contributed by atoms with Gasteiger partial charge in [0, 0.05) is 13.3 Å². The van der Waals surface area contributed by atoms with E-state index in [1.54, 1.807) is 6.92 Å². The number of ether oxygens (including phenoxy) is 2. The summed E-state index contributed by atoms with van der Waals surface area (Å²) < 4.78 is 10.3. The van der Waals surface area contributed by atoms with Gasteiger partial charge in [0.1, 0.15) is 11.2 Å². The van der Waals surface area contributed by atoms with Crippen LogP contribution in [0.2, 0.25) is 0 Å². The van der Waals surface area contributed by atoms with Crippen molar-refractivity contribution in [3.63, 3.8) is 0 Å². The lowest BCUT2D eigenvalue weighted by atomic mass is 9.95. The van der Waals surface area contributed by atoms with E-state index in [0.29, 0.717) is 18.3 Å². The smallest absolute Gasteiger partial charge is 0.306 e. The first-order chi connectivity index (χ1) is 9.26. The Kier molecular flexibility index (Phi) is 9.59. The fourth-order valence-electron chi connectivity index (χ4n) is 0.972. The maximum absolute atomic E-state index is 10.9. The lowest BCUT2D eigenvalue weighted by Gasteiger charge is -2.28. The average molecular weight is 302 g/mol. The van der Waals surface area contributed by atoms with Crippen molar-refractivity contribution in [3.05, 3.63) is 0 Å². The van der Waals surface area contributed by atoms with Crippen LogP contribution in [0.1, 0.15) is 75.7 Å². The van der Waals surface area contributed by atoms with Crippen LogP contribution in [0.3, 0.4) is 0 Å². The molecule has 0 aliphatic carbocycles. The van der Waals surface area contributed by atoms with Crippen LogP contribution < -0.4 is 0 Å². The summed E-state index contributed by atoms with van der Waals surface area (Å²) in [6.45, 7) is 19.1. The maximum atomic E-state index is 10.9. The number of hydrogen-bond acceptors (Lipinski definition) is 4. The van der Waals surface area contributed by atoms with Crippen LogP contribution in [0.5, 0.6) is 0 Å². The molecule has 0 saturated heterocycles. The van der Waals surface area contributed by atoms with Gasteiger partial charge in [0.15, 0.2) is 0 Å². The van der Waals surface area contributed by atoms with Crippen LogP contribution in [-0.4, -0.2) is 23.1 Å². The molecule has 4 heteroatoms. The van der Waals surface area contributed by atoms with Gasteiger partial charge in [-0.2, -0.15) is 0 Å². The molecular formula is C17H34O4. The Bertz CT molecular complexity index is 328. The Morgan fingerprint density at radius 2 is 1.19 bits per heavy atom. The average Bonchev–Trinajstić information content (AvgIpc) is 2.26. The Morgan fingerprint density at radius 3 is 1.38 bits per heavy atom. The van der Waals surface area contributed by atoms with Crippen LogP contribution in [0.4, 0.5) is 0 Å². The topological polar surface area (TPSA) is 52.6 Å². The number of hydrogen-bond donors (Lipinski definition) is 0. The Labute approximate surface area is 130 Å². The molecule has 0 aliphatic rings. The molecule has 0 amide bonds. The molecule has 0 N–H and O–H groups in total. The molecule has 0 fully saturated rings. The van der Waals surface area contributed by atoms with Gasteiger partial charge >= 0.3 is 11.9 Å². The molecule has 0 aliphatic heterocycles. The van der Waals surface area contributed by atoms with Crippen molar-refractivity contribution in [1.82, 2.24) is 0 Å². The van der Waals surface area contributed by atoms with Crippen LogP contribution in [0.15, 0.2) is 0 Å². The number of rotatable bonds is 5. The molecule has 21 heavy (non-hydrogen) atoms. The summed E-state index contributed by atoms with van der Waals surface area (Å²) in [7, 11) is 0. The van der Waals surface area contributed by atoms with Crippen molar-refractivity contribution >= 4 is 11.9 Å². The summed E-state index contributed by atoms with van der Waals surface area (Å²) in [6.07, 6.45) is 0.455. The Morgan fingerprint density at radius 1 is 0.857 bits per heavy atom. The van der Waals surface area contributed by atoms with E-state index < -0.39 is 0 Å². The molecule has 0 aromatic heterocycles. The summed E-state index contributed by atoms with van der Waals surface area (Å²) in [5, 5.41) is 0. The highest BCUT2D eigenvalue weighted by Gasteiger charge is 2.26. The van der Waals surface area contributed by atoms with Gasteiger partial charge in [-0.05, 0) is 39.5 Å². The monoisotopic (exact) mass is 302 g/mol. The van der Waals surface area contributed by atoms with Crippen LogP contribution in [0, 0.1) is 11.8 Å². The molecule has 4 nitrogen and oxygen atoms in total. The third kappa shape index (κ3) is 10.3. The SMILES string of the molecule is CC(=O)OC(C)(C)C(C)C.CCC(=O)OC(C)(C)C(C)C. The highest BCUT2D eigenvalue weighted by Crippen LogP contribution is 2.21. The van der Waals surface area contributed by atoms with Gasteiger partial charge < -0.3 is 9.47 Å². The first kappa shape index (κ1) is 22.2. The van der Waals surface area contributed by atoms with Crippen molar-refractivity contribution in [2.45, 2.75) is 86.9 Å². The van der Waals surface area contributed by atoms with Crippen LogP contribution in [-0.2, 0) is 19.1 Å². The summed E-state index contributed by atoms with van der Waals surface area (Å²) in [5.41, 5.74) is -0.654. The third-order valence-electron chi connectivity index (χ3n) is 3.85. The Hall–Kier alpha value is -1.06. The number of esters is 2. The summed E-state index contributed by atoms with van der Waals surface area (Å²) in [6, 6.07) is 0. The molecule has 0 bridgehead atoms. The first-order valence-electron chi connectivity index (χ1n) is 7.67. The second kappa shape index (κ2) is 9.06. The first-order valence-corrected chi connectivity index (χ1v) is 7.67. The van der Waals surface area contributed by atoms with E-state index in [0.717, 1.165) is 0 Å². The molecule has 0 saturated carbocycles. The molecule has 0 atom stereocenters. The standard InChI is InChI=1S/C9H18O2.C8H16O2/c1-6-8(10)11-9(4,5)7(2)3;1-6(2)8(4,5)10-7(3)9/h7H,6H2,1-5H3;6H,1-5H3. The molecule has 0 aromatic carbocycles. The fraction of sp³-hybridized carbons (Fsp3) is 0.882. The zero-order valence-corrected chi connectivity index (χ0v) is 15.5. The van der Waals surface area contributed by atoms with Gasteiger partial charge in [-0.25, -0.2) is 0 Å². The lowest BCUT2D eigenvalue weighted by molar-refractivity contribution is -0.160. The highest BCUT2D eigenvalue weighted by molar-refractivity contribution is 5.69. The summed E-state index contributed by atoms with van der Waals surface area (Å²) in [5.74, 6) is 0.386. The van der Waals surface area contributed by atoms with Gasteiger partial charge in [0.2, 0.25) is 0 Å². The minimum atomic E-state index is -0.328. The highest BCUT2D eigenvalue weighted by atomic mass is 16.6. The molecular weight excluding hydrogens is 268 g/mol. The van der Waals surface area contributed by atoms with Crippen molar-refractivity contribution in [2.75, 3.05) is 0 Å². The molecule has 0 radical (unpaired) electrons. The fourth-order valence-corrected chi connectivity index (χ4v) is 0.972.